The lowest BCUT2D eigenvalue weighted by atomic mass is 9.85. The first-order valence-corrected chi connectivity index (χ1v) is 9.89. The lowest BCUT2D eigenvalue weighted by Crippen LogP contribution is -2.38. The molecule has 2 aliphatic rings. The molecule has 0 atom stereocenters. The highest BCUT2D eigenvalue weighted by molar-refractivity contribution is 7.13. The summed E-state index contributed by atoms with van der Waals surface area (Å²) in [6, 6.07) is 3.99. The molecular weight excluding hydrogens is 318 g/mol. The fourth-order valence-electron chi connectivity index (χ4n) is 3.83. The van der Waals surface area contributed by atoms with Crippen molar-refractivity contribution in [1.82, 2.24) is 14.5 Å². The van der Waals surface area contributed by atoms with Crippen LogP contribution in [0.1, 0.15) is 58.4 Å². The van der Waals surface area contributed by atoms with E-state index < -0.39 is 0 Å². The molecule has 0 radical (unpaired) electrons. The van der Waals surface area contributed by atoms with Crippen LogP contribution in [0, 0.1) is 12.8 Å². The number of hydrogen-bond donors (Lipinski definition) is 0. The Morgan fingerprint density at radius 1 is 1.25 bits per heavy atom. The zero-order valence-electron chi connectivity index (χ0n) is 14.3. The van der Waals surface area contributed by atoms with Gasteiger partial charge in [0.15, 0.2) is 0 Å². The molecule has 24 heavy (non-hydrogen) atoms. The van der Waals surface area contributed by atoms with Gasteiger partial charge < -0.3 is 9.47 Å². The Kier molecular flexibility index (Phi) is 4.44. The summed E-state index contributed by atoms with van der Waals surface area (Å²) in [7, 11) is 0. The molecule has 2 fully saturated rings. The van der Waals surface area contributed by atoms with Gasteiger partial charge in [-0.25, -0.2) is 4.98 Å². The quantitative estimate of drug-likeness (QED) is 0.839. The lowest BCUT2D eigenvalue weighted by Gasteiger charge is -2.32. The molecule has 1 aliphatic heterocycles. The van der Waals surface area contributed by atoms with Gasteiger partial charge in [-0.05, 0) is 50.7 Å². The summed E-state index contributed by atoms with van der Waals surface area (Å²) in [5.74, 6) is 2.78. The molecule has 1 saturated heterocycles. The van der Waals surface area contributed by atoms with E-state index in [1.54, 1.807) is 11.3 Å². The fourth-order valence-corrected chi connectivity index (χ4v) is 4.67. The fraction of sp³-hybridized carbons (Fsp3) is 0.579. The SMILES string of the molecule is Cc1ccc(C(=O)N2CCC(c3nccn3CC3CCC3)CC2)s1. The number of rotatable bonds is 4. The number of thiophene rings is 1. The highest BCUT2D eigenvalue weighted by atomic mass is 32.1. The van der Waals surface area contributed by atoms with Crippen molar-refractivity contribution >= 4 is 17.2 Å². The van der Waals surface area contributed by atoms with Crippen molar-refractivity contribution < 1.29 is 4.79 Å². The highest BCUT2D eigenvalue weighted by Gasteiger charge is 2.28. The molecule has 2 aromatic heterocycles. The maximum atomic E-state index is 12.6. The second-order valence-corrected chi connectivity index (χ2v) is 8.50. The van der Waals surface area contributed by atoms with Gasteiger partial charge >= 0.3 is 0 Å². The molecule has 1 amide bonds. The molecule has 1 aliphatic carbocycles. The molecule has 5 heteroatoms. The Labute approximate surface area is 147 Å². The number of aryl methyl sites for hydroxylation is 1. The summed E-state index contributed by atoms with van der Waals surface area (Å²) in [5.41, 5.74) is 0. The van der Waals surface area contributed by atoms with E-state index >= 15 is 0 Å². The second-order valence-electron chi connectivity index (χ2n) is 7.21. The summed E-state index contributed by atoms with van der Waals surface area (Å²) >= 11 is 1.60. The van der Waals surface area contributed by atoms with Gasteiger partial charge in [-0.3, -0.25) is 4.79 Å². The molecular formula is C19H25N3OS. The van der Waals surface area contributed by atoms with Gasteiger partial charge in [-0.15, -0.1) is 11.3 Å². The predicted octanol–water partition coefficient (Wildman–Crippen LogP) is 4.07. The van der Waals surface area contributed by atoms with Gasteiger partial charge in [0.1, 0.15) is 5.82 Å². The molecule has 0 spiro atoms. The summed E-state index contributed by atoms with van der Waals surface area (Å²) < 4.78 is 2.37. The summed E-state index contributed by atoms with van der Waals surface area (Å²) in [5, 5.41) is 0. The van der Waals surface area contributed by atoms with E-state index in [9.17, 15) is 4.79 Å². The molecule has 0 N–H and O–H groups in total. The van der Waals surface area contributed by atoms with Crippen molar-refractivity contribution in [2.24, 2.45) is 5.92 Å². The predicted molar refractivity (Wildman–Crippen MR) is 96.5 cm³/mol. The third-order valence-corrected chi connectivity index (χ3v) is 6.51. The molecule has 4 nitrogen and oxygen atoms in total. The van der Waals surface area contributed by atoms with E-state index in [2.05, 4.69) is 22.7 Å². The topological polar surface area (TPSA) is 38.1 Å². The van der Waals surface area contributed by atoms with Crippen LogP contribution in [0.15, 0.2) is 24.5 Å². The largest absolute Gasteiger partial charge is 0.338 e. The summed E-state index contributed by atoms with van der Waals surface area (Å²) in [6.45, 7) is 4.87. The minimum atomic E-state index is 0.198. The van der Waals surface area contributed by atoms with Crippen molar-refractivity contribution in [2.45, 2.75) is 51.5 Å². The van der Waals surface area contributed by atoms with Gasteiger partial charge in [-0.1, -0.05) is 6.42 Å². The Hall–Kier alpha value is -1.62. The van der Waals surface area contributed by atoms with Crippen molar-refractivity contribution in [2.75, 3.05) is 13.1 Å². The maximum absolute atomic E-state index is 12.6. The summed E-state index contributed by atoms with van der Waals surface area (Å²) in [4.78, 5) is 21.3. The number of piperidine rings is 1. The van der Waals surface area contributed by atoms with E-state index in [0.717, 1.165) is 43.3 Å². The average molecular weight is 343 g/mol. The monoisotopic (exact) mass is 343 g/mol. The van der Waals surface area contributed by atoms with Crippen molar-refractivity contribution in [1.29, 1.82) is 0 Å². The number of aromatic nitrogens is 2. The van der Waals surface area contributed by atoms with Crippen LogP contribution in [0.5, 0.6) is 0 Å². The first-order valence-electron chi connectivity index (χ1n) is 9.07. The Balaban J connectivity index is 1.37. The molecule has 0 unspecified atom stereocenters. The Bertz CT molecular complexity index is 708. The third-order valence-electron chi connectivity index (χ3n) is 5.53. The molecule has 1 saturated carbocycles. The first-order chi connectivity index (χ1) is 11.7. The van der Waals surface area contributed by atoms with Crippen molar-refractivity contribution in [3.8, 4) is 0 Å². The van der Waals surface area contributed by atoms with Gasteiger partial charge in [0.2, 0.25) is 0 Å². The van der Waals surface area contributed by atoms with Crippen LogP contribution in [0.25, 0.3) is 0 Å². The van der Waals surface area contributed by atoms with E-state index in [4.69, 9.17) is 0 Å². The minimum absolute atomic E-state index is 0.198. The van der Waals surface area contributed by atoms with Crippen LogP contribution in [0.3, 0.4) is 0 Å². The first kappa shape index (κ1) is 15.9. The molecule has 3 heterocycles. The zero-order chi connectivity index (χ0) is 16.5. The summed E-state index contributed by atoms with van der Waals surface area (Å²) in [6.07, 6.45) is 10.3. The number of likely N-dealkylation sites (tertiary alicyclic amines) is 1. The molecule has 4 rings (SSSR count). The Morgan fingerprint density at radius 2 is 2.04 bits per heavy atom. The average Bonchev–Trinajstić information content (AvgIpc) is 3.19. The second kappa shape index (κ2) is 6.71. The normalized spacial score (nSPS) is 19.5. The van der Waals surface area contributed by atoms with Gasteiger partial charge in [-0.2, -0.15) is 0 Å². The van der Waals surface area contributed by atoms with Gasteiger partial charge in [0, 0.05) is 42.8 Å². The number of hydrogen-bond acceptors (Lipinski definition) is 3. The number of nitrogens with zero attached hydrogens (tertiary/aromatic N) is 3. The van der Waals surface area contributed by atoms with Crippen LogP contribution < -0.4 is 0 Å². The number of amides is 1. The molecule has 128 valence electrons. The third kappa shape index (κ3) is 3.14. The number of carbonyl (C=O) groups excluding carboxylic acids is 1. The smallest absolute Gasteiger partial charge is 0.263 e. The van der Waals surface area contributed by atoms with Crippen molar-refractivity contribution in [3.05, 3.63) is 40.1 Å². The van der Waals surface area contributed by atoms with Crippen LogP contribution in [0.2, 0.25) is 0 Å². The van der Waals surface area contributed by atoms with Gasteiger partial charge in [0.25, 0.3) is 5.91 Å². The molecule has 0 bridgehead atoms. The van der Waals surface area contributed by atoms with E-state index in [1.807, 2.05) is 23.2 Å². The van der Waals surface area contributed by atoms with Crippen LogP contribution in [-0.4, -0.2) is 33.4 Å². The number of imidazole rings is 1. The standard InChI is InChI=1S/C19H25N3OS/c1-14-5-6-17(24-14)19(23)21-10-7-16(8-11-21)18-20-9-12-22(18)13-15-3-2-4-15/h5-6,9,12,15-16H,2-4,7-8,10-11,13H2,1H3. The minimum Gasteiger partial charge on any atom is -0.338 e. The highest BCUT2D eigenvalue weighted by Crippen LogP contribution is 2.32. The maximum Gasteiger partial charge on any atom is 0.263 e. The van der Waals surface area contributed by atoms with E-state index in [1.165, 1.54) is 30.0 Å². The van der Waals surface area contributed by atoms with Crippen LogP contribution in [-0.2, 0) is 6.54 Å². The molecule has 0 aromatic carbocycles. The molecule has 2 aromatic rings. The number of carbonyl (C=O) groups is 1. The van der Waals surface area contributed by atoms with E-state index in [0.29, 0.717) is 5.92 Å². The van der Waals surface area contributed by atoms with Gasteiger partial charge in [0.05, 0.1) is 4.88 Å². The zero-order valence-corrected chi connectivity index (χ0v) is 15.1. The van der Waals surface area contributed by atoms with E-state index in [-0.39, 0.29) is 5.91 Å². The van der Waals surface area contributed by atoms with Crippen LogP contribution in [0.4, 0.5) is 0 Å². The Morgan fingerprint density at radius 3 is 2.67 bits per heavy atom. The van der Waals surface area contributed by atoms with Crippen LogP contribution >= 0.6 is 11.3 Å². The lowest BCUT2D eigenvalue weighted by molar-refractivity contribution is 0.0715. The van der Waals surface area contributed by atoms with Crippen molar-refractivity contribution in [3.63, 3.8) is 0 Å².